The Morgan fingerprint density at radius 3 is 2.79 bits per heavy atom. The maximum absolute atomic E-state index is 12.7. The van der Waals surface area contributed by atoms with E-state index in [4.69, 9.17) is 4.74 Å². The van der Waals surface area contributed by atoms with Crippen molar-refractivity contribution < 1.29 is 19.4 Å². The number of hydrogen-bond donors (Lipinski definition) is 2. The van der Waals surface area contributed by atoms with Gasteiger partial charge < -0.3 is 9.84 Å². The van der Waals surface area contributed by atoms with E-state index in [0.29, 0.717) is 23.5 Å². The van der Waals surface area contributed by atoms with E-state index < -0.39 is 5.91 Å². The van der Waals surface area contributed by atoms with Gasteiger partial charge in [-0.2, -0.15) is 5.10 Å². The topological polar surface area (TPSA) is 91.2 Å². The van der Waals surface area contributed by atoms with Crippen molar-refractivity contribution in [3.05, 3.63) is 65.7 Å². The summed E-state index contributed by atoms with van der Waals surface area (Å²) in [6.45, 7) is 2.10. The minimum atomic E-state index is -0.414. The van der Waals surface area contributed by atoms with Gasteiger partial charge in [0.2, 0.25) is 0 Å². The second-order valence-corrected chi connectivity index (χ2v) is 6.53. The molecule has 0 unspecified atom stereocenters. The molecule has 0 radical (unpaired) electrons. The number of benzene rings is 3. The van der Waals surface area contributed by atoms with E-state index in [2.05, 4.69) is 10.5 Å². The Bertz CT molecular complexity index is 1130. The van der Waals surface area contributed by atoms with Gasteiger partial charge in [-0.05, 0) is 48.2 Å². The summed E-state index contributed by atoms with van der Waals surface area (Å²) in [5.74, 6) is -0.232. The summed E-state index contributed by atoms with van der Waals surface area (Å²) in [4.78, 5) is 26.5. The number of carbonyl (C=O) groups is 2. The van der Waals surface area contributed by atoms with Crippen LogP contribution < -0.4 is 15.1 Å². The molecule has 1 heterocycles. The molecule has 29 heavy (non-hydrogen) atoms. The van der Waals surface area contributed by atoms with Gasteiger partial charge in [0.15, 0.2) is 11.5 Å². The highest BCUT2D eigenvalue weighted by Crippen LogP contribution is 2.36. The SMILES string of the molecule is CCOc1cc(/C=N\NC(=O)CN2C(=O)c3cccc4cccc2c34)ccc1O. The van der Waals surface area contributed by atoms with E-state index in [1.165, 1.54) is 17.2 Å². The van der Waals surface area contributed by atoms with Crippen molar-refractivity contribution in [2.24, 2.45) is 5.10 Å². The van der Waals surface area contributed by atoms with Gasteiger partial charge in [0, 0.05) is 10.9 Å². The summed E-state index contributed by atoms with van der Waals surface area (Å²) in [6.07, 6.45) is 1.45. The standard InChI is InChI=1S/C22H19N3O4/c1-2-29-19-11-14(9-10-18(19)26)12-23-24-20(27)13-25-17-8-4-6-15-5-3-7-16(21(15)17)22(25)28/h3-12,26H,2,13H2,1H3,(H,24,27)/b23-12-. The quantitative estimate of drug-likeness (QED) is 0.501. The van der Waals surface area contributed by atoms with Gasteiger partial charge in [0.25, 0.3) is 11.8 Å². The fourth-order valence-corrected chi connectivity index (χ4v) is 3.38. The Hall–Kier alpha value is -3.87. The van der Waals surface area contributed by atoms with Crippen LogP contribution in [0.4, 0.5) is 5.69 Å². The van der Waals surface area contributed by atoms with Crippen LogP contribution in [0.5, 0.6) is 11.5 Å². The number of anilines is 1. The van der Waals surface area contributed by atoms with E-state index in [1.54, 1.807) is 18.2 Å². The number of phenols is 1. The van der Waals surface area contributed by atoms with Crippen LogP contribution in [0.1, 0.15) is 22.8 Å². The number of aromatic hydroxyl groups is 1. The summed E-state index contributed by atoms with van der Waals surface area (Å²) in [5.41, 5.74) is 4.41. The largest absolute Gasteiger partial charge is 0.504 e. The monoisotopic (exact) mass is 389 g/mol. The molecule has 0 fully saturated rings. The van der Waals surface area contributed by atoms with Gasteiger partial charge in [-0.3, -0.25) is 14.5 Å². The number of amides is 2. The first-order chi connectivity index (χ1) is 14.1. The number of hydrogen-bond acceptors (Lipinski definition) is 5. The van der Waals surface area contributed by atoms with Gasteiger partial charge in [-0.1, -0.05) is 24.3 Å². The summed E-state index contributed by atoms with van der Waals surface area (Å²) in [5, 5.41) is 15.5. The fraction of sp³-hybridized carbons (Fsp3) is 0.136. The van der Waals surface area contributed by atoms with Gasteiger partial charge in [-0.15, -0.1) is 0 Å². The number of rotatable bonds is 6. The van der Waals surface area contributed by atoms with Crippen molar-refractivity contribution >= 4 is 34.5 Å². The first kappa shape index (κ1) is 18.5. The lowest BCUT2D eigenvalue weighted by molar-refractivity contribution is -0.119. The molecule has 3 aromatic rings. The Balaban J connectivity index is 1.45. The Kier molecular flexibility index (Phi) is 4.87. The maximum Gasteiger partial charge on any atom is 0.260 e. The smallest absolute Gasteiger partial charge is 0.260 e. The molecule has 7 nitrogen and oxygen atoms in total. The number of nitrogens with zero attached hydrogens (tertiary/aromatic N) is 2. The van der Waals surface area contributed by atoms with Crippen LogP contribution in [-0.4, -0.2) is 36.3 Å². The molecule has 1 aliphatic heterocycles. The number of carbonyl (C=O) groups excluding carboxylic acids is 2. The molecule has 1 aliphatic rings. The summed E-state index contributed by atoms with van der Waals surface area (Å²) < 4.78 is 5.32. The zero-order valence-electron chi connectivity index (χ0n) is 15.8. The number of hydrazone groups is 1. The van der Waals surface area contributed by atoms with Crippen LogP contribution in [0, 0.1) is 0 Å². The summed E-state index contributed by atoms with van der Waals surface area (Å²) in [7, 11) is 0. The number of phenolic OH excluding ortho intramolecular Hbond substituents is 1. The van der Waals surface area contributed by atoms with E-state index in [-0.39, 0.29) is 18.2 Å². The Morgan fingerprint density at radius 1 is 1.21 bits per heavy atom. The van der Waals surface area contributed by atoms with Crippen LogP contribution in [0.15, 0.2) is 59.7 Å². The van der Waals surface area contributed by atoms with E-state index >= 15 is 0 Å². The van der Waals surface area contributed by atoms with Crippen molar-refractivity contribution in [3.8, 4) is 11.5 Å². The molecule has 2 amide bonds. The average molecular weight is 389 g/mol. The first-order valence-electron chi connectivity index (χ1n) is 9.20. The fourth-order valence-electron chi connectivity index (χ4n) is 3.38. The van der Waals surface area contributed by atoms with Crippen molar-refractivity contribution in [3.63, 3.8) is 0 Å². The van der Waals surface area contributed by atoms with Crippen LogP contribution in [-0.2, 0) is 4.79 Å². The van der Waals surface area contributed by atoms with E-state index in [1.807, 2.05) is 37.3 Å². The Morgan fingerprint density at radius 2 is 2.00 bits per heavy atom. The van der Waals surface area contributed by atoms with Crippen molar-refractivity contribution in [1.29, 1.82) is 0 Å². The lowest BCUT2D eigenvalue weighted by atomic mass is 10.1. The molecule has 0 saturated carbocycles. The van der Waals surface area contributed by atoms with E-state index in [9.17, 15) is 14.7 Å². The van der Waals surface area contributed by atoms with E-state index in [0.717, 1.165) is 16.5 Å². The highest BCUT2D eigenvalue weighted by molar-refractivity contribution is 6.26. The van der Waals surface area contributed by atoms with Gasteiger partial charge in [-0.25, -0.2) is 5.43 Å². The zero-order chi connectivity index (χ0) is 20.4. The molecule has 0 bridgehead atoms. The van der Waals surface area contributed by atoms with Crippen molar-refractivity contribution in [1.82, 2.24) is 5.43 Å². The third-order valence-electron chi connectivity index (χ3n) is 4.64. The molecule has 7 heteroatoms. The van der Waals surface area contributed by atoms with Crippen LogP contribution in [0.3, 0.4) is 0 Å². The predicted molar refractivity (Wildman–Crippen MR) is 111 cm³/mol. The highest BCUT2D eigenvalue weighted by Gasteiger charge is 2.30. The molecule has 0 saturated heterocycles. The van der Waals surface area contributed by atoms with Gasteiger partial charge >= 0.3 is 0 Å². The molecule has 2 N–H and O–H groups in total. The number of nitrogens with one attached hydrogen (secondary N) is 1. The molecular formula is C22H19N3O4. The minimum Gasteiger partial charge on any atom is -0.504 e. The zero-order valence-corrected chi connectivity index (χ0v) is 15.8. The molecule has 0 aromatic heterocycles. The second kappa shape index (κ2) is 7.63. The molecule has 0 atom stereocenters. The normalized spacial score (nSPS) is 12.7. The molecule has 4 rings (SSSR count). The third kappa shape index (κ3) is 3.50. The van der Waals surface area contributed by atoms with Crippen LogP contribution >= 0.6 is 0 Å². The summed E-state index contributed by atoms with van der Waals surface area (Å²) >= 11 is 0. The lowest BCUT2D eigenvalue weighted by Gasteiger charge is -2.16. The van der Waals surface area contributed by atoms with Crippen molar-refractivity contribution in [2.75, 3.05) is 18.1 Å². The van der Waals surface area contributed by atoms with Crippen LogP contribution in [0.2, 0.25) is 0 Å². The van der Waals surface area contributed by atoms with Gasteiger partial charge in [0.05, 0.1) is 18.5 Å². The van der Waals surface area contributed by atoms with Crippen molar-refractivity contribution in [2.45, 2.75) is 6.92 Å². The molecule has 146 valence electrons. The first-order valence-corrected chi connectivity index (χ1v) is 9.20. The third-order valence-corrected chi connectivity index (χ3v) is 4.64. The summed E-state index contributed by atoms with van der Waals surface area (Å²) in [6, 6.07) is 15.9. The molecule has 0 aliphatic carbocycles. The van der Waals surface area contributed by atoms with Crippen LogP contribution in [0.25, 0.3) is 10.8 Å². The molecule has 3 aromatic carbocycles. The highest BCUT2D eigenvalue weighted by atomic mass is 16.5. The average Bonchev–Trinajstić information content (AvgIpc) is 2.99. The molecular weight excluding hydrogens is 370 g/mol. The Labute approximate surface area is 167 Å². The lowest BCUT2D eigenvalue weighted by Crippen LogP contribution is -2.37. The molecule has 0 spiro atoms. The number of ether oxygens (including phenoxy) is 1. The maximum atomic E-state index is 12.7. The second-order valence-electron chi connectivity index (χ2n) is 6.53. The van der Waals surface area contributed by atoms with Gasteiger partial charge in [0.1, 0.15) is 6.54 Å². The predicted octanol–water partition coefficient (Wildman–Crippen LogP) is 3.05. The minimum absolute atomic E-state index is 0.0364.